The Morgan fingerprint density at radius 3 is 2.55 bits per heavy atom. The van der Waals surface area contributed by atoms with Gasteiger partial charge in [-0.2, -0.15) is 0 Å². The van der Waals surface area contributed by atoms with Crippen LogP contribution in [0.25, 0.3) is 0 Å². The molecule has 0 radical (unpaired) electrons. The molecule has 0 saturated heterocycles. The average molecular weight is 335 g/mol. The minimum Gasteiger partial charge on any atom is -0.508 e. The van der Waals surface area contributed by atoms with E-state index in [0.29, 0.717) is 0 Å². The van der Waals surface area contributed by atoms with Crippen LogP contribution in [0.4, 0.5) is 0 Å². The minimum absolute atomic E-state index is 0.134. The smallest absolute Gasteiger partial charge is 0.174 e. The molecule has 0 aromatic heterocycles. The first-order valence-corrected chi connectivity index (χ1v) is 6.85. The third kappa shape index (κ3) is 2.25. The predicted molar refractivity (Wildman–Crippen MR) is 76.2 cm³/mol. The third-order valence-corrected chi connectivity index (χ3v) is 3.76. The monoisotopic (exact) mass is 334 g/mol. The number of ether oxygens (including phenoxy) is 1. The minimum atomic E-state index is -0.413. The van der Waals surface area contributed by atoms with Crippen LogP contribution in [-0.4, -0.2) is 16.0 Å². The van der Waals surface area contributed by atoms with E-state index in [9.17, 15) is 15.0 Å². The van der Waals surface area contributed by atoms with E-state index in [-0.39, 0.29) is 35.0 Å². The molecule has 0 amide bonds. The second-order valence-corrected chi connectivity index (χ2v) is 5.54. The van der Waals surface area contributed by atoms with Gasteiger partial charge in [-0.3, -0.25) is 4.79 Å². The Labute approximate surface area is 123 Å². The van der Waals surface area contributed by atoms with Gasteiger partial charge in [0, 0.05) is 16.6 Å². The van der Waals surface area contributed by atoms with E-state index >= 15 is 0 Å². The van der Waals surface area contributed by atoms with Crippen LogP contribution in [0.1, 0.15) is 28.4 Å². The lowest BCUT2D eigenvalue weighted by atomic mass is 9.95. The zero-order valence-electron chi connectivity index (χ0n) is 10.3. The van der Waals surface area contributed by atoms with Crippen LogP contribution in [0.5, 0.6) is 17.2 Å². The molecule has 3 rings (SSSR count). The molecule has 1 atom stereocenters. The van der Waals surface area contributed by atoms with Crippen molar-refractivity contribution in [2.45, 2.75) is 12.5 Å². The molecule has 0 bridgehead atoms. The molecule has 2 N–H and O–H groups in total. The summed E-state index contributed by atoms with van der Waals surface area (Å²) in [6.07, 6.45) is -0.253. The van der Waals surface area contributed by atoms with Crippen LogP contribution in [0, 0.1) is 0 Å². The number of hydrogen-bond acceptors (Lipinski definition) is 4. The summed E-state index contributed by atoms with van der Waals surface area (Å²) in [7, 11) is 0. The largest absolute Gasteiger partial charge is 0.508 e. The maximum atomic E-state index is 12.1. The number of fused-ring (bicyclic) bond motifs is 1. The van der Waals surface area contributed by atoms with Gasteiger partial charge in [0.1, 0.15) is 28.9 Å². The molecule has 1 heterocycles. The quantitative estimate of drug-likeness (QED) is 0.836. The molecule has 2 aromatic carbocycles. The summed E-state index contributed by atoms with van der Waals surface area (Å²) in [4.78, 5) is 12.1. The van der Waals surface area contributed by atoms with Gasteiger partial charge in [-0.1, -0.05) is 28.1 Å². The molecule has 102 valence electrons. The Morgan fingerprint density at radius 2 is 1.85 bits per heavy atom. The average Bonchev–Trinajstić information content (AvgIpc) is 2.38. The predicted octanol–water partition coefficient (Wildman–Crippen LogP) is 3.57. The van der Waals surface area contributed by atoms with Crippen molar-refractivity contribution < 1.29 is 19.7 Å². The maximum Gasteiger partial charge on any atom is 0.174 e. The second-order valence-electron chi connectivity index (χ2n) is 4.62. The zero-order chi connectivity index (χ0) is 14.3. The van der Waals surface area contributed by atoms with Gasteiger partial charge < -0.3 is 14.9 Å². The van der Waals surface area contributed by atoms with E-state index in [0.717, 1.165) is 16.1 Å². The van der Waals surface area contributed by atoms with Crippen molar-refractivity contribution in [2.75, 3.05) is 0 Å². The molecular weight excluding hydrogens is 324 g/mol. The highest BCUT2D eigenvalue weighted by Gasteiger charge is 2.30. The summed E-state index contributed by atoms with van der Waals surface area (Å²) in [6.45, 7) is 0. The van der Waals surface area contributed by atoms with Gasteiger partial charge in [0.25, 0.3) is 0 Å². The fourth-order valence-electron chi connectivity index (χ4n) is 2.29. The molecule has 0 spiro atoms. The standard InChI is InChI=1S/C15H11BrO4/c16-9-3-1-8(2-4-9)13-7-12(19)15-11(18)5-10(17)6-14(15)20-13/h1-6,13,17-18H,7H2/t13-/m0/s1. The van der Waals surface area contributed by atoms with Gasteiger partial charge in [-0.25, -0.2) is 0 Å². The molecule has 4 nitrogen and oxygen atoms in total. The Morgan fingerprint density at radius 1 is 1.15 bits per heavy atom. The Hall–Kier alpha value is -2.01. The number of halogens is 1. The first-order chi connectivity index (χ1) is 9.54. The van der Waals surface area contributed by atoms with Crippen molar-refractivity contribution in [3.05, 3.63) is 52.0 Å². The summed E-state index contributed by atoms with van der Waals surface area (Å²) in [5, 5.41) is 19.2. The topological polar surface area (TPSA) is 66.8 Å². The number of ketones is 1. The summed E-state index contributed by atoms with van der Waals surface area (Å²) in [6, 6.07) is 9.97. The van der Waals surface area contributed by atoms with Crippen LogP contribution >= 0.6 is 15.9 Å². The van der Waals surface area contributed by atoms with Gasteiger partial charge in [-0.15, -0.1) is 0 Å². The van der Waals surface area contributed by atoms with Crippen molar-refractivity contribution >= 4 is 21.7 Å². The normalized spacial score (nSPS) is 17.4. The number of benzene rings is 2. The lowest BCUT2D eigenvalue weighted by Gasteiger charge is -2.26. The molecule has 1 aliphatic heterocycles. The number of phenolic OH excluding ortho intramolecular Hbond substituents is 2. The lowest BCUT2D eigenvalue weighted by Crippen LogP contribution is -2.20. The molecule has 20 heavy (non-hydrogen) atoms. The van der Waals surface area contributed by atoms with E-state index in [4.69, 9.17) is 4.74 Å². The first kappa shape index (κ1) is 13.0. The van der Waals surface area contributed by atoms with Crippen LogP contribution in [0.3, 0.4) is 0 Å². The number of rotatable bonds is 1. The highest BCUT2D eigenvalue weighted by Crippen LogP contribution is 2.41. The Kier molecular flexibility index (Phi) is 3.14. The summed E-state index contributed by atoms with van der Waals surface area (Å²) >= 11 is 3.35. The van der Waals surface area contributed by atoms with E-state index in [1.807, 2.05) is 24.3 Å². The van der Waals surface area contributed by atoms with Gasteiger partial charge in [0.2, 0.25) is 0 Å². The number of carbonyl (C=O) groups is 1. The van der Waals surface area contributed by atoms with Crippen LogP contribution in [0.15, 0.2) is 40.9 Å². The summed E-state index contributed by atoms with van der Waals surface area (Å²) < 4.78 is 6.68. The van der Waals surface area contributed by atoms with Crippen LogP contribution < -0.4 is 4.74 Å². The number of aromatic hydroxyl groups is 2. The molecule has 0 unspecified atom stereocenters. The fraction of sp³-hybridized carbons (Fsp3) is 0.133. The van der Waals surface area contributed by atoms with Crippen LogP contribution in [0.2, 0.25) is 0 Å². The van der Waals surface area contributed by atoms with Gasteiger partial charge >= 0.3 is 0 Å². The maximum absolute atomic E-state index is 12.1. The first-order valence-electron chi connectivity index (χ1n) is 6.06. The summed E-state index contributed by atoms with van der Waals surface area (Å²) in [5.41, 5.74) is 1.01. The van der Waals surface area contributed by atoms with Gasteiger partial charge in [-0.05, 0) is 17.7 Å². The zero-order valence-corrected chi connectivity index (χ0v) is 11.9. The van der Waals surface area contributed by atoms with Crippen molar-refractivity contribution in [3.63, 3.8) is 0 Å². The Bertz CT molecular complexity index is 679. The number of phenols is 2. The van der Waals surface area contributed by atoms with Crippen molar-refractivity contribution in [1.29, 1.82) is 0 Å². The molecule has 1 aliphatic rings. The molecular formula is C15H11BrO4. The molecule has 5 heteroatoms. The summed E-state index contributed by atoms with van der Waals surface area (Å²) in [5.74, 6) is -0.368. The Balaban J connectivity index is 2.00. The van der Waals surface area contributed by atoms with Gasteiger partial charge in [0.05, 0.1) is 6.42 Å². The van der Waals surface area contributed by atoms with E-state index in [1.165, 1.54) is 6.07 Å². The highest BCUT2D eigenvalue weighted by molar-refractivity contribution is 9.10. The van der Waals surface area contributed by atoms with Crippen molar-refractivity contribution in [3.8, 4) is 17.2 Å². The molecule has 2 aromatic rings. The van der Waals surface area contributed by atoms with E-state index in [1.54, 1.807) is 0 Å². The second kappa shape index (κ2) is 4.83. The SMILES string of the molecule is O=C1C[C@@H](c2ccc(Br)cc2)Oc2cc(O)cc(O)c21. The highest BCUT2D eigenvalue weighted by atomic mass is 79.9. The number of Topliss-reactive ketones (excluding diaryl/α,β-unsaturated/α-hetero) is 1. The van der Waals surface area contributed by atoms with Crippen LogP contribution in [-0.2, 0) is 0 Å². The lowest BCUT2D eigenvalue weighted by molar-refractivity contribution is 0.0845. The fourth-order valence-corrected chi connectivity index (χ4v) is 2.55. The van der Waals surface area contributed by atoms with Crippen molar-refractivity contribution in [2.24, 2.45) is 0 Å². The van der Waals surface area contributed by atoms with E-state index in [2.05, 4.69) is 15.9 Å². The number of hydrogen-bond donors (Lipinski definition) is 2. The van der Waals surface area contributed by atoms with E-state index < -0.39 is 6.10 Å². The number of carbonyl (C=O) groups excluding carboxylic acids is 1. The van der Waals surface area contributed by atoms with Crippen molar-refractivity contribution in [1.82, 2.24) is 0 Å². The molecule has 0 fully saturated rings. The third-order valence-electron chi connectivity index (χ3n) is 3.23. The molecule has 0 aliphatic carbocycles. The molecule has 0 saturated carbocycles. The van der Waals surface area contributed by atoms with Gasteiger partial charge in [0.15, 0.2) is 5.78 Å².